The van der Waals surface area contributed by atoms with Crippen molar-refractivity contribution in [2.75, 3.05) is 9.80 Å². The lowest BCUT2D eigenvalue weighted by Crippen LogP contribution is -2.11. The molecule has 0 N–H and O–H groups in total. The van der Waals surface area contributed by atoms with Gasteiger partial charge < -0.3 is 9.80 Å². The highest BCUT2D eigenvalue weighted by Crippen LogP contribution is 2.46. The predicted octanol–water partition coefficient (Wildman–Crippen LogP) is 15.5. The molecule has 0 amide bonds. The van der Waals surface area contributed by atoms with Crippen LogP contribution in [0.1, 0.15) is 0 Å². The zero-order chi connectivity index (χ0) is 36.6. The summed E-state index contributed by atoms with van der Waals surface area (Å²) in [5.41, 5.74) is 11.6. The van der Waals surface area contributed by atoms with Crippen LogP contribution in [0.4, 0.5) is 34.1 Å². The minimum Gasteiger partial charge on any atom is -0.310 e. The highest BCUT2D eigenvalue weighted by atomic mass is 32.1. The molecule has 55 heavy (non-hydrogen) atoms. The Balaban J connectivity index is 1.10. The second kappa shape index (κ2) is 14.1. The van der Waals surface area contributed by atoms with Crippen LogP contribution in [0.5, 0.6) is 0 Å². The topological polar surface area (TPSA) is 6.48 Å². The van der Waals surface area contributed by atoms with E-state index >= 15 is 0 Å². The van der Waals surface area contributed by atoms with E-state index in [1.54, 1.807) is 0 Å². The van der Waals surface area contributed by atoms with Crippen LogP contribution in [0.2, 0.25) is 0 Å². The average Bonchev–Trinajstić information content (AvgIpc) is 3.61. The largest absolute Gasteiger partial charge is 0.310 e. The molecule has 10 aromatic rings. The van der Waals surface area contributed by atoms with Crippen molar-refractivity contribution in [3.8, 4) is 22.3 Å². The zero-order valence-electron chi connectivity index (χ0n) is 30.1. The van der Waals surface area contributed by atoms with Gasteiger partial charge in [0.2, 0.25) is 0 Å². The summed E-state index contributed by atoms with van der Waals surface area (Å²) < 4.78 is 2.55. The summed E-state index contributed by atoms with van der Waals surface area (Å²) in [7, 11) is 0. The maximum atomic E-state index is 2.39. The average molecular weight is 721 g/mol. The van der Waals surface area contributed by atoms with Crippen molar-refractivity contribution in [3.05, 3.63) is 218 Å². The molecule has 10 rings (SSSR count). The maximum Gasteiger partial charge on any atom is 0.0540 e. The third-order valence-electron chi connectivity index (χ3n) is 10.4. The Morgan fingerprint density at radius 2 is 0.745 bits per heavy atom. The summed E-state index contributed by atoms with van der Waals surface area (Å²) >= 11 is 1.87. The normalized spacial score (nSPS) is 11.3. The molecule has 0 spiro atoms. The Kier molecular flexibility index (Phi) is 8.40. The minimum atomic E-state index is 1.12. The molecule has 0 bridgehead atoms. The molecule has 0 saturated carbocycles. The van der Waals surface area contributed by atoms with E-state index < -0.39 is 0 Å². The first-order valence-corrected chi connectivity index (χ1v) is 19.5. The van der Waals surface area contributed by atoms with Gasteiger partial charge in [0.1, 0.15) is 0 Å². The van der Waals surface area contributed by atoms with Gasteiger partial charge >= 0.3 is 0 Å². The number of hydrogen-bond donors (Lipinski definition) is 0. The monoisotopic (exact) mass is 720 g/mol. The summed E-state index contributed by atoms with van der Waals surface area (Å²) in [5.74, 6) is 0. The quantitative estimate of drug-likeness (QED) is 0.154. The van der Waals surface area contributed by atoms with Gasteiger partial charge in [-0.25, -0.2) is 0 Å². The first-order valence-electron chi connectivity index (χ1n) is 18.7. The van der Waals surface area contributed by atoms with Crippen LogP contribution in [0, 0.1) is 0 Å². The van der Waals surface area contributed by atoms with E-state index in [-0.39, 0.29) is 0 Å². The van der Waals surface area contributed by atoms with E-state index in [0.29, 0.717) is 0 Å². The van der Waals surface area contributed by atoms with Crippen LogP contribution in [-0.4, -0.2) is 0 Å². The van der Waals surface area contributed by atoms with Gasteiger partial charge in [0.05, 0.1) is 11.4 Å². The fourth-order valence-corrected chi connectivity index (χ4v) is 9.01. The van der Waals surface area contributed by atoms with Crippen molar-refractivity contribution < 1.29 is 0 Å². The van der Waals surface area contributed by atoms with Gasteiger partial charge in [-0.05, 0) is 94.7 Å². The Bertz CT molecular complexity index is 2790. The molecule has 2 nitrogen and oxygen atoms in total. The molecule has 0 radical (unpaired) electrons. The molecule has 1 aromatic heterocycles. The first kappa shape index (κ1) is 32.7. The third-order valence-corrected chi connectivity index (χ3v) is 11.5. The van der Waals surface area contributed by atoms with Crippen molar-refractivity contribution in [3.63, 3.8) is 0 Å². The molecule has 0 aliphatic heterocycles. The molecule has 0 atom stereocenters. The number of para-hydroxylation sites is 4. The van der Waals surface area contributed by atoms with Crippen LogP contribution in [-0.2, 0) is 0 Å². The van der Waals surface area contributed by atoms with Gasteiger partial charge in [-0.15, -0.1) is 11.3 Å². The summed E-state index contributed by atoms with van der Waals surface area (Å²) in [6.07, 6.45) is 0. The molecule has 260 valence electrons. The zero-order valence-corrected chi connectivity index (χ0v) is 30.9. The lowest BCUT2D eigenvalue weighted by Gasteiger charge is -2.28. The fourth-order valence-electron chi connectivity index (χ4n) is 7.84. The van der Waals surface area contributed by atoms with E-state index in [4.69, 9.17) is 0 Å². The molecule has 0 unspecified atom stereocenters. The number of rotatable bonds is 8. The smallest absolute Gasteiger partial charge is 0.0540 e. The highest BCUT2D eigenvalue weighted by Gasteiger charge is 2.20. The van der Waals surface area contributed by atoms with Gasteiger partial charge in [0, 0.05) is 54.0 Å². The molecule has 1 heterocycles. The van der Waals surface area contributed by atoms with Gasteiger partial charge in [-0.3, -0.25) is 0 Å². The van der Waals surface area contributed by atoms with Crippen molar-refractivity contribution in [2.24, 2.45) is 0 Å². The highest BCUT2D eigenvalue weighted by molar-refractivity contribution is 7.25. The van der Waals surface area contributed by atoms with E-state index in [0.717, 1.165) is 34.1 Å². The summed E-state index contributed by atoms with van der Waals surface area (Å²) in [6, 6.07) is 78.7. The number of anilines is 6. The molecular formula is C52H36N2S. The lowest BCUT2D eigenvalue weighted by molar-refractivity contribution is 1.29. The Morgan fingerprint density at radius 1 is 0.291 bits per heavy atom. The van der Waals surface area contributed by atoms with E-state index in [2.05, 4.69) is 228 Å². The Hall–Kier alpha value is -6.94. The lowest BCUT2D eigenvalue weighted by atomic mass is 10.0. The molecule has 3 heteroatoms. The summed E-state index contributed by atoms with van der Waals surface area (Å²) in [6.45, 7) is 0. The van der Waals surface area contributed by atoms with Crippen LogP contribution >= 0.6 is 11.3 Å². The molecule has 0 fully saturated rings. The fraction of sp³-hybridized carbons (Fsp3) is 0. The van der Waals surface area contributed by atoms with E-state index in [1.807, 2.05) is 11.3 Å². The Morgan fingerprint density at radius 3 is 1.31 bits per heavy atom. The van der Waals surface area contributed by atoms with Gasteiger partial charge in [-0.1, -0.05) is 146 Å². The van der Waals surface area contributed by atoms with Crippen LogP contribution < -0.4 is 9.80 Å². The second-order valence-electron chi connectivity index (χ2n) is 13.8. The molecule has 0 aliphatic rings. The third kappa shape index (κ3) is 6.11. The molecule has 0 saturated heterocycles. The first-order chi connectivity index (χ1) is 27.3. The summed E-state index contributed by atoms with van der Waals surface area (Å²) in [5, 5.41) is 5.02. The van der Waals surface area contributed by atoms with Crippen LogP contribution in [0.25, 0.3) is 53.2 Å². The number of thiophene rings is 1. The molecular weight excluding hydrogens is 685 g/mol. The minimum absolute atomic E-state index is 1.12. The van der Waals surface area contributed by atoms with Gasteiger partial charge in [0.15, 0.2) is 0 Å². The molecule has 0 aliphatic carbocycles. The van der Waals surface area contributed by atoms with Crippen molar-refractivity contribution in [1.29, 1.82) is 0 Å². The standard InChI is InChI=1S/C52H36N2S/c1-5-17-37(18-6-1)45-25-13-15-27-49(45)53(41-21-9-3-10-22-41)43-30-29-39-34-48-47-32-31-44(36-52(47)55-51(48)35-40(39)33-43)54(42-23-11-4-12-24-42)50-28-16-14-26-46(50)38-19-7-2-8-20-38/h1-36H. The van der Waals surface area contributed by atoms with E-state index in [1.165, 1.54) is 53.2 Å². The van der Waals surface area contributed by atoms with Crippen LogP contribution in [0.15, 0.2) is 218 Å². The second-order valence-corrected chi connectivity index (χ2v) is 14.9. The van der Waals surface area contributed by atoms with Crippen molar-refractivity contribution in [2.45, 2.75) is 0 Å². The number of hydrogen-bond acceptors (Lipinski definition) is 3. The number of nitrogens with zero attached hydrogens (tertiary/aromatic N) is 2. The Labute approximate surface area is 325 Å². The predicted molar refractivity (Wildman–Crippen MR) is 237 cm³/mol. The molecule has 9 aromatic carbocycles. The van der Waals surface area contributed by atoms with Gasteiger partial charge in [0.25, 0.3) is 0 Å². The number of fused-ring (bicyclic) bond motifs is 4. The van der Waals surface area contributed by atoms with Crippen molar-refractivity contribution >= 4 is 76.4 Å². The van der Waals surface area contributed by atoms with Gasteiger partial charge in [-0.2, -0.15) is 0 Å². The maximum absolute atomic E-state index is 2.39. The SMILES string of the molecule is c1ccc(-c2ccccc2N(c2ccccc2)c2ccc3cc4c(cc3c2)sc2cc(N(c3ccccc3)c3ccccc3-c3ccccc3)ccc24)cc1. The van der Waals surface area contributed by atoms with E-state index in [9.17, 15) is 0 Å². The summed E-state index contributed by atoms with van der Waals surface area (Å²) in [4.78, 5) is 4.77. The van der Waals surface area contributed by atoms with Crippen LogP contribution in [0.3, 0.4) is 0 Å². The van der Waals surface area contributed by atoms with Crippen molar-refractivity contribution in [1.82, 2.24) is 0 Å². The number of benzene rings is 9.